The lowest BCUT2D eigenvalue weighted by atomic mass is 9.64. The Morgan fingerprint density at radius 2 is 2.20 bits per heavy atom. The van der Waals surface area contributed by atoms with Crippen LogP contribution in [0.25, 0.3) is 0 Å². The number of rotatable bonds is 6. The highest BCUT2D eigenvalue weighted by Gasteiger charge is 2.48. The van der Waals surface area contributed by atoms with Crippen LogP contribution in [0.1, 0.15) is 40.5 Å². The van der Waals surface area contributed by atoms with Gasteiger partial charge in [0, 0.05) is 30.7 Å². The maximum atomic E-state index is 8.84. The van der Waals surface area contributed by atoms with E-state index < -0.39 is 0 Å². The van der Waals surface area contributed by atoms with Crippen molar-refractivity contribution in [1.29, 1.82) is 0 Å². The molecule has 15 heavy (non-hydrogen) atoms. The minimum Gasteiger partial charge on any atom is -0.396 e. The molecular formula is C12H25NO2. The molecule has 0 aliphatic heterocycles. The van der Waals surface area contributed by atoms with Gasteiger partial charge in [-0.05, 0) is 26.7 Å². The van der Waals surface area contributed by atoms with E-state index in [1.165, 1.54) is 0 Å². The van der Waals surface area contributed by atoms with Crippen LogP contribution in [0.3, 0.4) is 0 Å². The standard InChI is InChI=1S/C12H25NO2/c1-5-15-11-8-10(12(11,3)4)13-9(2)6-7-14/h9-11,13-14H,5-8H2,1-4H3/t9-,10?,11?/m1/s1. The second-order valence-corrected chi connectivity index (χ2v) is 5.13. The van der Waals surface area contributed by atoms with Gasteiger partial charge in [0.15, 0.2) is 0 Å². The van der Waals surface area contributed by atoms with E-state index in [2.05, 4.69) is 26.1 Å². The predicted octanol–water partition coefficient (Wildman–Crippen LogP) is 1.55. The molecule has 3 atom stereocenters. The van der Waals surface area contributed by atoms with Crippen LogP contribution in [-0.4, -0.2) is 36.5 Å². The van der Waals surface area contributed by atoms with Gasteiger partial charge < -0.3 is 15.2 Å². The van der Waals surface area contributed by atoms with Gasteiger partial charge in [0.1, 0.15) is 0 Å². The van der Waals surface area contributed by atoms with Gasteiger partial charge in [-0.3, -0.25) is 0 Å². The predicted molar refractivity (Wildman–Crippen MR) is 61.9 cm³/mol. The molecule has 3 nitrogen and oxygen atoms in total. The second-order valence-electron chi connectivity index (χ2n) is 5.13. The average Bonchev–Trinajstić information content (AvgIpc) is 2.17. The highest BCUT2D eigenvalue weighted by atomic mass is 16.5. The zero-order valence-electron chi connectivity index (χ0n) is 10.4. The van der Waals surface area contributed by atoms with Crippen molar-refractivity contribution in [3.8, 4) is 0 Å². The fourth-order valence-corrected chi connectivity index (χ4v) is 2.27. The van der Waals surface area contributed by atoms with Crippen LogP contribution in [0, 0.1) is 5.41 Å². The van der Waals surface area contributed by atoms with E-state index in [1.54, 1.807) is 0 Å². The van der Waals surface area contributed by atoms with Crippen molar-refractivity contribution in [2.24, 2.45) is 5.41 Å². The Kier molecular flexibility index (Phi) is 4.56. The third kappa shape index (κ3) is 2.92. The summed E-state index contributed by atoms with van der Waals surface area (Å²) in [6.45, 7) is 9.73. The minimum atomic E-state index is 0.222. The van der Waals surface area contributed by atoms with Crippen molar-refractivity contribution in [3.63, 3.8) is 0 Å². The Balaban J connectivity index is 2.34. The molecule has 1 rings (SSSR count). The largest absolute Gasteiger partial charge is 0.396 e. The number of aliphatic hydroxyl groups excluding tert-OH is 1. The van der Waals surface area contributed by atoms with Crippen molar-refractivity contribution < 1.29 is 9.84 Å². The van der Waals surface area contributed by atoms with E-state index in [0.29, 0.717) is 18.2 Å². The fourth-order valence-electron chi connectivity index (χ4n) is 2.27. The van der Waals surface area contributed by atoms with Gasteiger partial charge in [0.2, 0.25) is 0 Å². The zero-order chi connectivity index (χ0) is 11.5. The molecule has 0 aromatic rings. The summed E-state index contributed by atoms with van der Waals surface area (Å²) in [6.07, 6.45) is 2.31. The molecule has 0 amide bonds. The van der Waals surface area contributed by atoms with Crippen molar-refractivity contribution in [1.82, 2.24) is 5.32 Å². The molecule has 2 N–H and O–H groups in total. The Morgan fingerprint density at radius 1 is 1.53 bits per heavy atom. The summed E-state index contributed by atoms with van der Waals surface area (Å²) in [5.41, 5.74) is 0.222. The fraction of sp³-hybridized carbons (Fsp3) is 1.00. The van der Waals surface area contributed by atoms with Crippen LogP contribution in [0.5, 0.6) is 0 Å². The maximum Gasteiger partial charge on any atom is 0.0655 e. The summed E-state index contributed by atoms with van der Waals surface area (Å²) in [7, 11) is 0. The third-order valence-corrected chi connectivity index (χ3v) is 3.59. The van der Waals surface area contributed by atoms with E-state index in [1.807, 2.05) is 6.92 Å². The molecule has 0 aromatic heterocycles. The first kappa shape index (κ1) is 12.9. The van der Waals surface area contributed by atoms with Gasteiger partial charge in [0.25, 0.3) is 0 Å². The Hall–Kier alpha value is -0.120. The lowest BCUT2D eigenvalue weighted by Gasteiger charge is -2.52. The highest BCUT2D eigenvalue weighted by Crippen LogP contribution is 2.42. The van der Waals surface area contributed by atoms with Crippen LogP contribution >= 0.6 is 0 Å². The van der Waals surface area contributed by atoms with Crippen molar-refractivity contribution in [3.05, 3.63) is 0 Å². The lowest BCUT2D eigenvalue weighted by Crippen LogP contribution is -2.62. The van der Waals surface area contributed by atoms with Crippen LogP contribution < -0.4 is 5.32 Å². The summed E-state index contributed by atoms with van der Waals surface area (Å²) < 4.78 is 5.68. The maximum absolute atomic E-state index is 8.84. The number of hydrogen-bond acceptors (Lipinski definition) is 3. The smallest absolute Gasteiger partial charge is 0.0655 e. The molecule has 1 aliphatic rings. The van der Waals surface area contributed by atoms with Crippen molar-refractivity contribution >= 4 is 0 Å². The van der Waals surface area contributed by atoms with Gasteiger partial charge in [-0.25, -0.2) is 0 Å². The monoisotopic (exact) mass is 215 g/mol. The second kappa shape index (κ2) is 5.28. The van der Waals surface area contributed by atoms with Crippen LogP contribution in [0.4, 0.5) is 0 Å². The van der Waals surface area contributed by atoms with Gasteiger partial charge in [-0.15, -0.1) is 0 Å². The summed E-state index contributed by atoms with van der Waals surface area (Å²) in [6, 6.07) is 0.914. The molecule has 90 valence electrons. The molecule has 0 heterocycles. The molecular weight excluding hydrogens is 190 g/mol. The van der Waals surface area contributed by atoms with Crippen LogP contribution in [0.2, 0.25) is 0 Å². The molecule has 2 unspecified atom stereocenters. The van der Waals surface area contributed by atoms with Gasteiger partial charge in [-0.2, -0.15) is 0 Å². The topological polar surface area (TPSA) is 41.5 Å². The first-order valence-corrected chi connectivity index (χ1v) is 6.00. The number of aliphatic hydroxyl groups is 1. The van der Waals surface area contributed by atoms with Crippen LogP contribution in [0.15, 0.2) is 0 Å². The lowest BCUT2D eigenvalue weighted by molar-refractivity contribution is -0.116. The summed E-state index contributed by atoms with van der Waals surface area (Å²) in [5, 5.41) is 12.4. The molecule has 0 saturated heterocycles. The first-order chi connectivity index (χ1) is 7.02. The first-order valence-electron chi connectivity index (χ1n) is 6.00. The Morgan fingerprint density at radius 3 is 2.67 bits per heavy atom. The summed E-state index contributed by atoms with van der Waals surface area (Å²) in [5.74, 6) is 0. The molecule has 0 bridgehead atoms. The molecule has 1 saturated carbocycles. The summed E-state index contributed by atoms with van der Waals surface area (Å²) in [4.78, 5) is 0. The Bertz CT molecular complexity index is 194. The number of ether oxygens (including phenoxy) is 1. The quantitative estimate of drug-likeness (QED) is 0.706. The van der Waals surface area contributed by atoms with E-state index in [0.717, 1.165) is 19.4 Å². The van der Waals surface area contributed by atoms with Gasteiger partial charge in [-0.1, -0.05) is 13.8 Å². The third-order valence-electron chi connectivity index (χ3n) is 3.59. The highest BCUT2D eigenvalue weighted by molar-refractivity contribution is 5.03. The van der Waals surface area contributed by atoms with E-state index >= 15 is 0 Å². The molecule has 0 spiro atoms. The number of hydrogen-bond donors (Lipinski definition) is 2. The van der Waals surface area contributed by atoms with Crippen molar-refractivity contribution in [2.45, 2.75) is 58.7 Å². The van der Waals surface area contributed by atoms with Gasteiger partial charge in [0.05, 0.1) is 6.10 Å². The van der Waals surface area contributed by atoms with E-state index in [4.69, 9.17) is 9.84 Å². The SMILES string of the molecule is CCOC1CC(N[C@H](C)CCO)C1(C)C. The van der Waals surface area contributed by atoms with Crippen LogP contribution in [-0.2, 0) is 4.74 Å². The molecule has 1 fully saturated rings. The normalized spacial score (nSPS) is 31.0. The van der Waals surface area contributed by atoms with E-state index in [-0.39, 0.29) is 12.0 Å². The summed E-state index contributed by atoms with van der Waals surface area (Å²) >= 11 is 0. The van der Waals surface area contributed by atoms with Crippen molar-refractivity contribution in [2.75, 3.05) is 13.2 Å². The molecule has 3 heteroatoms. The molecule has 0 aromatic carbocycles. The van der Waals surface area contributed by atoms with Gasteiger partial charge >= 0.3 is 0 Å². The Labute approximate surface area is 93.2 Å². The molecule has 0 radical (unpaired) electrons. The van der Waals surface area contributed by atoms with E-state index in [9.17, 15) is 0 Å². The minimum absolute atomic E-state index is 0.222. The zero-order valence-corrected chi connectivity index (χ0v) is 10.4. The number of nitrogens with one attached hydrogen (secondary N) is 1. The average molecular weight is 215 g/mol. The molecule has 1 aliphatic carbocycles.